The van der Waals surface area contributed by atoms with Gasteiger partial charge in [-0.2, -0.15) is 0 Å². The summed E-state index contributed by atoms with van der Waals surface area (Å²) >= 11 is 0. The lowest BCUT2D eigenvalue weighted by Crippen LogP contribution is -2.32. The van der Waals surface area contributed by atoms with E-state index in [-0.39, 0.29) is 17.8 Å². The molecule has 126 valence electrons. The summed E-state index contributed by atoms with van der Waals surface area (Å²) in [7, 11) is 0. The molecule has 1 atom stereocenters. The van der Waals surface area contributed by atoms with Crippen LogP contribution in [0.5, 0.6) is 0 Å². The molecule has 0 saturated carbocycles. The Hall–Kier alpha value is -2.27. The summed E-state index contributed by atoms with van der Waals surface area (Å²) in [4.78, 5) is 18.6. The van der Waals surface area contributed by atoms with Crippen LogP contribution >= 0.6 is 0 Å². The fourth-order valence-corrected chi connectivity index (χ4v) is 3.05. The number of halogens is 1. The molecule has 24 heavy (non-hydrogen) atoms. The van der Waals surface area contributed by atoms with E-state index in [1.54, 1.807) is 23.4 Å². The van der Waals surface area contributed by atoms with Gasteiger partial charge in [-0.15, -0.1) is 0 Å². The SMILES string of the molecule is O=C(c1cncc(Cc2cccc(F)c2)c1)N1CCCC(O)CC1. The van der Waals surface area contributed by atoms with E-state index in [4.69, 9.17) is 0 Å². The third-order valence-corrected chi connectivity index (χ3v) is 4.32. The summed E-state index contributed by atoms with van der Waals surface area (Å²) in [5.41, 5.74) is 2.26. The van der Waals surface area contributed by atoms with Crippen LogP contribution in [0.15, 0.2) is 42.7 Å². The zero-order valence-corrected chi connectivity index (χ0v) is 13.5. The Morgan fingerprint density at radius 2 is 2.08 bits per heavy atom. The first-order valence-corrected chi connectivity index (χ1v) is 8.27. The highest BCUT2D eigenvalue weighted by molar-refractivity contribution is 5.94. The van der Waals surface area contributed by atoms with Crippen LogP contribution in [0.3, 0.4) is 0 Å². The van der Waals surface area contributed by atoms with Gasteiger partial charge in [0.1, 0.15) is 5.82 Å². The van der Waals surface area contributed by atoms with Crippen LogP contribution in [0.1, 0.15) is 40.7 Å². The van der Waals surface area contributed by atoms with Crippen molar-refractivity contribution in [1.82, 2.24) is 9.88 Å². The molecule has 2 heterocycles. The van der Waals surface area contributed by atoms with Crippen molar-refractivity contribution in [2.45, 2.75) is 31.8 Å². The minimum absolute atomic E-state index is 0.0577. The smallest absolute Gasteiger partial charge is 0.255 e. The predicted molar refractivity (Wildman–Crippen MR) is 89.2 cm³/mol. The quantitative estimate of drug-likeness (QED) is 0.943. The Balaban J connectivity index is 1.73. The van der Waals surface area contributed by atoms with E-state index >= 15 is 0 Å². The number of hydrogen-bond acceptors (Lipinski definition) is 3. The first kappa shape index (κ1) is 16.6. The van der Waals surface area contributed by atoms with Gasteiger partial charge in [0.2, 0.25) is 0 Å². The van der Waals surface area contributed by atoms with Gasteiger partial charge in [-0.1, -0.05) is 12.1 Å². The third-order valence-electron chi connectivity index (χ3n) is 4.32. The van der Waals surface area contributed by atoms with Gasteiger partial charge < -0.3 is 10.0 Å². The molecular weight excluding hydrogens is 307 g/mol. The standard InChI is InChI=1S/C19H21FN2O2/c20-17-4-1-3-14(11-17)9-15-10-16(13-21-12-15)19(24)22-7-2-5-18(23)6-8-22/h1,3-4,10-13,18,23H,2,5-9H2. The number of pyridine rings is 1. The number of aliphatic hydroxyl groups excluding tert-OH is 1. The van der Waals surface area contributed by atoms with E-state index < -0.39 is 0 Å². The van der Waals surface area contributed by atoms with Crippen LogP contribution in [-0.2, 0) is 6.42 Å². The summed E-state index contributed by atoms with van der Waals surface area (Å²) in [6.07, 6.45) is 5.64. The molecule has 0 radical (unpaired) electrons. The van der Waals surface area contributed by atoms with Crippen molar-refractivity contribution >= 4 is 5.91 Å². The highest BCUT2D eigenvalue weighted by atomic mass is 19.1. The zero-order valence-electron chi connectivity index (χ0n) is 13.5. The maximum atomic E-state index is 13.3. The molecule has 5 heteroatoms. The van der Waals surface area contributed by atoms with Crippen LogP contribution in [0.2, 0.25) is 0 Å². The molecule has 1 aliphatic heterocycles. The second-order valence-corrected chi connectivity index (χ2v) is 6.27. The molecule has 1 unspecified atom stereocenters. The van der Waals surface area contributed by atoms with Gasteiger partial charge in [-0.25, -0.2) is 4.39 Å². The molecule has 1 aromatic heterocycles. The zero-order chi connectivity index (χ0) is 16.9. The highest BCUT2D eigenvalue weighted by Crippen LogP contribution is 2.16. The molecule has 0 bridgehead atoms. The number of hydrogen-bond donors (Lipinski definition) is 1. The molecule has 0 aliphatic carbocycles. The number of likely N-dealkylation sites (tertiary alicyclic amines) is 1. The molecule has 0 spiro atoms. The Bertz CT molecular complexity index is 720. The van der Waals surface area contributed by atoms with Gasteiger partial charge in [-0.05, 0) is 55.0 Å². The lowest BCUT2D eigenvalue weighted by atomic mass is 10.0. The summed E-state index contributed by atoms with van der Waals surface area (Å²) in [6.45, 7) is 1.22. The molecular formula is C19H21FN2O2. The lowest BCUT2D eigenvalue weighted by Gasteiger charge is -2.20. The Morgan fingerprint density at radius 1 is 1.21 bits per heavy atom. The predicted octanol–water partition coefficient (Wildman–Crippen LogP) is 2.80. The maximum absolute atomic E-state index is 13.3. The molecule has 2 aromatic rings. The second kappa shape index (κ2) is 7.53. The first-order valence-electron chi connectivity index (χ1n) is 8.27. The van der Waals surface area contributed by atoms with E-state index in [0.29, 0.717) is 31.5 Å². The van der Waals surface area contributed by atoms with Crippen molar-refractivity contribution in [2.75, 3.05) is 13.1 Å². The van der Waals surface area contributed by atoms with Gasteiger partial charge in [0.25, 0.3) is 5.91 Å². The van der Waals surface area contributed by atoms with Crippen LogP contribution in [0, 0.1) is 5.82 Å². The maximum Gasteiger partial charge on any atom is 0.255 e. The van der Waals surface area contributed by atoms with E-state index in [1.165, 1.54) is 12.1 Å². The number of rotatable bonds is 3. The van der Waals surface area contributed by atoms with Crippen LogP contribution in [-0.4, -0.2) is 40.1 Å². The molecule has 3 rings (SSSR count). The van der Waals surface area contributed by atoms with Crippen LogP contribution in [0.25, 0.3) is 0 Å². The number of aromatic nitrogens is 1. The van der Waals surface area contributed by atoms with Gasteiger partial charge in [0, 0.05) is 25.5 Å². The number of benzene rings is 1. The van der Waals surface area contributed by atoms with Crippen molar-refractivity contribution in [1.29, 1.82) is 0 Å². The summed E-state index contributed by atoms with van der Waals surface area (Å²) in [6, 6.07) is 8.26. The van der Waals surface area contributed by atoms with Crippen molar-refractivity contribution < 1.29 is 14.3 Å². The molecule has 1 aliphatic rings. The van der Waals surface area contributed by atoms with Crippen LogP contribution < -0.4 is 0 Å². The number of aliphatic hydroxyl groups is 1. The van der Waals surface area contributed by atoms with Gasteiger partial charge in [-0.3, -0.25) is 9.78 Å². The van der Waals surface area contributed by atoms with Crippen LogP contribution in [0.4, 0.5) is 4.39 Å². The number of carbonyl (C=O) groups excluding carboxylic acids is 1. The molecule has 1 saturated heterocycles. The molecule has 1 aromatic carbocycles. The average Bonchev–Trinajstić information content (AvgIpc) is 2.79. The third kappa shape index (κ3) is 4.17. The van der Waals surface area contributed by atoms with E-state index in [1.807, 2.05) is 12.1 Å². The van der Waals surface area contributed by atoms with Gasteiger partial charge >= 0.3 is 0 Å². The fourth-order valence-electron chi connectivity index (χ4n) is 3.05. The molecule has 1 N–H and O–H groups in total. The Labute approximate surface area is 141 Å². The first-order chi connectivity index (χ1) is 11.6. The monoisotopic (exact) mass is 328 g/mol. The lowest BCUT2D eigenvalue weighted by molar-refractivity contribution is 0.0752. The number of carbonyl (C=O) groups is 1. The van der Waals surface area contributed by atoms with E-state index in [9.17, 15) is 14.3 Å². The van der Waals surface area contributed by atoms with Crippen molar-refractivity contribution in [2.24, 2.45) is 0 Å². The van der Waals surface area contributed by atoms with Gasteiger partial charge in [0.05, 0.1) is 11.7 Å². The molecule has 4 nitrogen and oxygen atoms in total. The van der Waals surface area contributed by atoms with Crippen molar-refractivity contribution in [3.63, 3.8) is 0 Å². The Kier molecular flexibility index (Phi) is 5.20. The van der Waals surface area contributed by atoms with Crippen molar-refractivity contribution in [3.8, 4) is 0 Å². The summed E-state index contributed by atoms with van der Waals surface area (Å²) < 4.78 is 13.3. The summed E-state index contributed by atoms with van der Waals surface area (Å²) in [5.74, 6) is -0.325. The fraction of sp³-hybridized carbons (Fsp3) is 0.368. The largest absolute Gasteiger partial charge is 0.393 e. The highest BCUT2D eigenvalue weighted by Gasteiger charge is 2.20. The minimum Gasteiger partial charge on any atom is -0.393 e. The topological polar surface area (TPSA) is 53.4 Å². The van der Waals surface area contributed by atoms with Crippen molar-refractivity contribution in [3.05, 3.63) is 65.2 Å². The normalized spacial score (nSPS) is 18.2. The number of nitrogens with zero attached hydrogens (tertiary/aromatic N) is 2. The minimum atomic E-state index is -0.319. The molecule has 1 amide bonds. The summed E-state index contributed by atoms with van der Waals surface area (Å²) in [5, 5.41) is 9.71. The second-order valence-electron chi connectivity index (χ2n) is 6.27. The number of amides is 1. The van der Waals surface area contributed by atoms with E-state index in [0.717, 1.165) is 24.0 Å². The molecule has 1 fully saturated rings. The van der Waals surface area contributed by atoms with Gasteiger partial charge in [0.15, 0.2) is 0 Å². The Morgan fingerprint density at radius 3 is 2.92 bits per heavy atom. The average molecular weight is 328 g/mol. The van der Waals surface area contributed by atoms with E-state index in [2.05, 4.69) is 4.98 Å².